The van der Waals surface area contributed by atoms with Crippen LogP contribution in [0.15, 0.2) is 47.1 Å². The van der Waals surface area contributed by atoms with Crippen molar-refractivity contribution in [3.05, 3.63) is 59.8 Å². The molecule has 6 nitrogen and oxygen atoms in total. The van der Waals surface area contributed by atoms with E-state index in [9.17, 15) is 14.0 Å². The number of imide groups is 1. The Bertz CT molecular complexity index is 863. The maximum absolute atomic E-state index is 13.2. The molecule has 1 aromatic carbocycles. The second-order valence-corrected chi connectivity index (χ2v) is 8.39. The van der Waals surface area contributed by atoms with Gasteiger partial charge in [0.25, 0.3) is 5.91 Å². The van der Waals surface area contributed by atoms with Crippen molar-refractivity contribution in [2.45, 2.75) is 50.6 Å². The SMILES string of the molecule is O=C(c1ccc(F)cc1)N1CCCC[C@@H](NC[C@H](c2ccco2)N2CCCCC2)C1=O. The minimum absolute atomic E-state index is 0.0626. The van der Waals surface area contributed by atoms with E-state index in [0.717, 1.165) is 31.7 Å². The van der Waals surface area contributed by atoms with Crippen molar-refractivity contribution in [2.75, 3.05) is 26.2 Å². The summed E-state index contributed by atoms with van der Waals surface area (Å²) in [5, 5.41) is 3.44. The highest BCUT2D eigenvalue weighted by Gasteiger charge is 2.33. The first kappa shape index (κ1) is 21.7. The Morgan fingerprint density at radius 2 is 1.81 bits per heavy atom. The van der Waals surface area contributed by atoms with Crippen molar-refractivity contribution in [1.82, 2.24) is 15.1 Å². The fourth-order valence-electron chi connectivity index (χ4n) is 4.55. The summed E-state index contributed by atoms with van der Waals surface area (Å²) in [5.41, 5.74) is 0.331. The molecule has 0 unspecified atom stereocenters. The van der Waals surface area contributed by atoms with Crippen molar-refractivity contribution < 1.29 is 18.4 Å². The first-order valence-corrected chi connectivity index (χ1v) is 11.3. The number of rotatable bonds is 6. The van der Waals surface area contributed by atoms with Gasteiger partial charge >= 0.3 is 0 Å². The van der Waals surface area contributed by atoms with Gasteiger partial charge in [-0.1, -0.05) is 6.42 Å². The summed E-state index contributed by atoms with van der Waals surface area (Å²) in [5.74, 6) is -0.0735. The molecule has 4 rings (SSSR count). The number of carbonyl (C=O) groups excluding carboxylic acids is 2. The van der Waals surface area contributed by atoms with Gasteiger partial charge in [-0.05, 0) is 81.6 Å². The Labute approximate surface area is 182 Å². The molecule has 7 heteroatoms. The summed E-state index contributed by atoms with van der Waals surface area (Å²) < 4.78 is 18.9. The van der Waals surface area contributed by atoms with Crippen molar-refractivity contribution in [1.29, 1.82) is 0 Å². The molecule has 1 N–H and O–H groups in total. The minimum atomic E-state index is -0.422. The molecular weight excluding hydrogens is 397 g/mol. The van der Waals surface area contributed by atoms with E-state index in [4.69, 9.17) is 4.42 Å². The highest BCUT2D eigenvalue weighted by atomic mass is 19.1. The number of amides is 2. The van der Waals surface area contributed by atoms with Crippen LogP contribution in [0.3, 0.4) is 0 Å². The summed E-state index contributed by atoms with van der Waals surface area (Å²) in [6.45, 7) is 3.01. The third-order valence-electron chi connectivity index (χ3n) is 6.29. The van der Waals surface area contributed by atoms with Crippen LogP contribution in [0.1, 0.15) is 60.7 Å². The number of benzene rings is 1. The number of furan rings is 1. The monoisotopic (exact) mass is 427 g/mol. The van der Waals surface area contributed by atoms with Crippen molar-refractivity contribution in [2.24, 2.45) is 0 Å². The number of nitrogens with one attached hydrogen (secondary N) is 1. The van der Waals surface area contributed by atoms with Gasteiger partial charge in [-0.15, -0.1) is 0 Å². The highest BCUT2D eigenvalue weighted by molar-refractivity contribution is 6.06. The molecule has 0 radical (unpaired) electrons. The third kappa shape index (κ3) is 5.22. The highest BCUT2D eigenvalue weighted by Crippen LogP contribution is 2.25. The number of piperidine rings is 1. The number of hydrogen-bond acceptors (Lipinski definition) is 5. The molecule has 31 heavy (non-hydrogen) atoms. The molecule has 2 fully saturated rings. The lowest BCUT2D eigenvalue weighted by molar-refractivity contribution is -0.130. The normalized spacial score (nSPS) is 21.6. The topological polar surface area (TPSA) is 65.8 Å². The summed E-state index contributed by atoms with van der Waals surface area (Å²) in [7, 11) is 0. The Hall–Kier alpha value is -2.51. The van der Waals surface area contributed by atoms with Crippen molar-refractivity contribution in [3.63, 3.8) is 0 Å². The summed E-state index contributed by atoms with van der Waals surface area (Å²) in [4.78, 5) is 29.9. The van der Waals surface area contributed by atoms with E-state index in [-0.39, 0.29) is 17.9 Å². The molecule has 166 valence electrons. The molecule has 0 bridgehead atoms. The van der Waals surface area contributed by atoms with E-state index in [2.05, 4.69) is 10.2 Å². The first-order valence-electron chi connectivity index (χ1n) is 11.3. The zero-order chi connectivity index (χ0) is 21.6. The Kier molecular flexibility index (Phi) is 7.14. The van der Waals surface area contributed by atoms with E-state index in [1.54, 1.807) is 6.26 Å². The lowest BCUT2D eigenvalue weighted by Crippen LogP contribution is -2.50. The number of halogens is 1. The van der Waals surface area contributed by atoms with Crippen LogP contribution in [-0.2, 0) is 4.79 Å². The molecular formula is C24H30FN3O3. The van der Waals surface area contributed by atoms with E-state index in [1.807, 2.05) is 12.1 Å². The van der Waals surface area contributed by atoms with Crippen LogP contribution in [0.4, 0.5) is 4.39 Å². The van der Waals surface area contributed by atoms with E-state index >= 15 is 0 Å². The first-order chi connectivity index (χ1) is 15.1. The quantitative estimate of drug-likeness (QED) is 0.711. The predicted octanol–water partition coefficient (Wildman–Crippen LogP) is 3.76. The summed E-state index contributed by atoms with van der Waals surface area (Å²) >= 11 is 0. The molecule has 2 aromatic rings. The molecule has 0 spiro atoms. The third-order valence-corrected chi connectivity index (χ3v) is 6.29. The number of carbonyl (C=O) groups is 2. The van der Waals surface area contributed by atoms with Gasteiger partial charge in [0.15, 0.2) is 0 Å². The van der Waals surface area contributed by atoms with Gasteiger partial charge in [0.05, 0.1) is 18.3 Å². The maximum Gasteiger partial charge on any atom is 0.260 e. The van der Waals surface area contributed by atoms with Crippen LogP contribution < -0.4 is 5.32 Å². The summed E-state index contributed by atoms with van der Waals surface area (Å²) in [6.07, 6.45) is 7.59. The molecule has 2 saturated heterocycles. The lowest BCUT2D eigenvalue weighted by atomic mass is 10.1. The zero-order valence-corrected chi connectivity index (χ0v) is 17.8. The standard InChI is InChI=1S/C24H30FN3O3/c25-19-11-9-18(10-12-19)23(29)28-15-5-2-7-20(24(28)30)26-17-21(22-8-6-16-31-22)27-13-3-1-4-14-27/h6,8-12,16,20-21,26H,1-5,7,13-15,17H2/t20-,21-/m1/s1. The van der Waals surface area contributed by atoms with Gasteiger partial charge in [-0.25, -0.2) is 4.39 Å². The average molecular weight is 428 g/mol. The van der Waals surface area contributed by atoms with Gasteiger partial charge in [-0.2, -0.15) is 0 Å². The van der Waals surface area contributed by atoms with Crippen molar-refractivity contribution in [3.8, 4) is 0 Å². The molecule has 0 aliphatic carbocycles. The van der Waals surface area contributed by atoms with E-state index in [1.165, 1.54) is 48.4 Å². The van der Waals surface area contributed by atoms with E-state index < -0.39 is 11.9 Å². The fourth-order valence-corrected chi connectivity index (χ4v) is 4.55. The van der Waals surface area contributed by atoms with E-state index in [0.29, 0.717) is 25.1 Å². The van der Waals surface area contributed by atoms with Crippen LogP contribution >= 0.6 is 0 Å². The van der Waals surface area contributed by atoms with Gasteiger partial charge in [0.2, 0.25) is 5.91 Å². The fraction of sp³-hybridized carbons (Fsp3) is 0.500. The van der Waals surface area contributed by atoms with Crippen LogP contribution in [0.5, 0.6) is 0 Å². The second-order valence-electron chi connectivity index (χ2n) is 8.39. The van der Waals surface area contributed by atoms with Gasteiger partial charge in [0, 0.05) is 18.7 Å². The number of likely N-dealkylation sites (tertiary alicyclic amines) is 2. The second kappa shape index (κ2) is 10.2. The molecule has 3 heterocycles. The lowest BCUT2D eigenvalue weighted by Gasteiger charge is -2.34. The minimum Gasteiger partial charge on any atom is -0.468 e. The summed E-state index contributed by atoms with van der Waals surface area (Å²) in [6, 6.07) is 8.88. The molecule has 2 atom stereocenters. The molecule has 0 saturated carbocycles. The van der Waals surface area contributed by atoms with Crippen LogP contribution in [0, 0.1) is 5.82 Å². The van der Waals surface area contributed by atoms with Gasteiger partial charge < -0.3 is 9.73 Å². The van der Waals surface area contributed by atoms with Crippen LogP contribution in [-0.4, -0.2) is 53.8 Å². The number of hydrogen-bond donors (Lipinski definition) is 1. The van der Waals surface area contributed by atoms with Crippen LogP contribution in [0.25, 0.3) is 0 Å². The Morgan fingerprint density at radius 1 is 1.06 bits per heavy atom. The molecule has 1 aromatic heterocycles. The molecule has 2 aliphatic rings. The van der Waals surface area contributed by atoms with Crippen LogP contribution in [0.2, 0.25) is 0 Å². The predicted molar refractivity (Wildman–Crippen MR) is 115 cm³/mol. The van der Waals surface area contributed by atoms with Gasteiger partial charge in [0.1, 0.15) is 11.6 Å². The molecule has 2 aliphatic heterocycles. The van der Waals surface area contributed by atoms with Crippen molar-refractivity contribution >= 4 is 11.8 Å². The Morgan fingerprint density at radius 3 is 2.52 bits per heavy atom. The number of nitrogens with zero attached hydrogens (tertiary/aromatic N) is 2. The smallest absolute Gasteiger partial charge is 0.260 e. The average Bonchev–Trinajstić information content (AvgIpc) is 3.26. The Balaban J connectivity index is 1.45. The maximum atomic E-state index is 13.2. The zero-order valence-electron chi connectivity index (χ0n) is 17.8. The van der Waals surface area contributed by atoms with Gasteiger partial charge in [-0.3, -0.25) is 19.4 Å². The largest absolute Gasteiger partial charge is 0.468 e. The molecule has 2 amide bonds.